The second-order valence-corrected chi connectivity index (χ2v) is 8.61. The molecule has 0 radical (unpaired) electrons. The van der Waals surface area contributed by atoms with Gasteiger partial charge in [0.15, 0.2) is 16.8 Å². The van der Waals surface area contributed by atoms with Crippen molar-refractivity contribution in [2.24, 2.45) is 0 Å². The first kappa shape index (κ1) is 21.2. The van der Waals surface area contributed by atoms with Crippen molar-refractivity contribution in [3.8, 4) is 11.4 Å². The maximum Gasteiger partial charge on any atom is 0.239 e. The van der Waals surface area contributed by atoms with Gasteiger partial charge in [-0.2, -0.15) is 4.98 Å². The van der Waals surface area contributed by atoms with Crippen molar-refractivity contribution in [3.63, 3.8) is 0 Å². The molecule has 31 heavy (non-hydrogen) atoms. The predicted molar refractivity (Wildman–Crippen MR) is 118 cm³/mol. The lowest BCUT2D eigenvalue weighted by Gasteiger charge is -2.12. The Morgan fingerprint density at radius 3 is 2.58 bits per heavy atom. The topological polar surface area (TPSA) is 69.6 Å². The van der Waals surface area contributed by atoms with Gasteiger partial charge >= 0.3 is 0 Å². The van der Waals surface area contributed by atoms with Crippen LogP contribution in [0, 0.1) is 5.82 Å². The van der Waals surface area contributed by atoms with Crippen LogP contribution in [0.1, 0.15) is 49.2 Å². The Morgan fingerprint density at radius 2 is 1.84 bits per heavy atom. The number of nitrogens with zero attached hydrogens (tertiary/aromatic N) is 5. The van der Waals surface area contributed by atoms with Crippen molar-refractivity contribution in [2.75, 3.05) is 0 Å². The number of aryl methyl sites for hydroxylation is 1. The van der Waals surface area contributed by atoms with Gasteiger partial charge in [0, 0.05) is 12.0 Å². The Bertz CT molecular complexity index is 1110. The van der Waals surface area contributed by atoms with E-state index < -0.39 is 0 Å². The van der Waals surface area contributed by atoms with E-state index in [9.17, 15) is 4.39 Å². The lowest BCUT2D eigenvalue weighted by molar-refractivity contribution is 0.374. The van der Waals surface area contributed by atoms with Crippen molar-refractivity contribution in [2.45, 2.75) is 50.1 Å². The number of benzene rings is 2. The van der Waals surface area contributed by atoms with E-state index in [2.05, 4.69) is 39.4 Å². The van der Waals surface area contributed by atoms with Crippen LogP contribution < -0.4 is 0 Å². The lowest BCUT2D eigenvalue weighted by Crippen LogP contribution is -2.05. The standard InChI is InChI=1S/C23H24FN5OS/c1-3-4-10-20-25-22(30-28-20)16(2)31-23-27-26-21(18-11-13-19(24)14-12-18)29(23)15-17-8-6-5-7-9-17/h5-9,11-14,16H,3-4,10,15H2,1-2H3. The zero-order chi connectivity index (χ0) is 21.6. The highest BCUT2D eigenvalue weighted by molar-refractivity contribution is 7.99. The largest absolute Gasteiger partial charge is 0.338 e. The van der Waals surface area contributed by atoms with Crippen molar-refractivity contribution in [3.05, 3.63) is 77.7 Å². The molecule has 0 saturated carbocycles. The fourth-order valence-electron chi connectivity index (χ4n) is 3.17. The van der Waals surface area contributed by atoms with E-state index in [-0.39, 0.29) is 11.1 Å². The molecule has 0 aliphatic carbocycles. The molecule has 0 aliphatic heterocycles. The molecule has 0 bridgehead atoms. The molecule has 0 spiro atoms. The summed E-state index contributed by atoms with van der Waals surface area (Å²) in [5, 5.41) is 13.6. The van der Waals surface area contributed by atoms with E-state index in [1.54, 1.807) is 12.1 Å². The first-order valence-corrected chi connectivity index (χ1v) is 11.2. The highest BCUT2D eigenvalue weighted by atomic mass is 32.2. The average Bonchev–Trinajstić information content (AvgIpc) is 3.41. The monoisotopic (exact) mass is 437 g/mol. The SMILES string of the molecule is CCCCc1noc(C(C)Sc2nnc(-c3ccc(F)cc3)n2Cc2ccccc2)n1. The van der Waals surface area contributed by atoms with Gasteiger partial charge in [-0.05, 0) is 43.2 Å². The maximum atomic E-state index is 13.4. The summed E-state index contributed by atoms with van der Waals surface area (Å²) in [7, 11) is 0. The molecule has 2 aromatic carbocycles. The lowest BCUT2D eigenvalue weighted by atomic mass is 10.2. The van der Waals surface area contributed by atoms with Crippen LogP contribution in [-0.4, -0.2) is 24.9 Å². The predicted octanol–water partition coefficient (Wildman–Crippen LogP) is 5.71. The van der Waals surface area contributed by atoms with Crippen LogP contribution >= 0.6 is 11.8 Å². The van der Waals surface area contributed by atoms with E-state index in [0.717, 1.165) is 41.4 Å². The summed E-state index contributed by atoms with van der Waals surface area (Å²) in [5.74, 6) is 1.72. The minimum absolute atomic E-state index is 0.0809. The average molecular weight is 438 g/mol. The Labute approximate surface area is 184 Å². The third-order valence-corrected chi connectivity index (χ3v) is 5.94. The van der Waals surface area contributed by atoms with Crippen molar-refractivity contribution in [1.82, 2.24) is 24.9 Å². The summed E-state index contributed by atoms with van der Waals surface area (Å²) in [4.78, 5) is 4.53. The fraction of sp³-hybridized carbons (Fsp3) is 0.304. The van der Waals surface area contributed by atoms with E-state index in [0.29, 0.717) is 18.3 Å². The molecular formula is C23H24FN5OS. The molecule has 160 valence electrons. The molecule has 2 aromatic heterocycles. The Hall–Kier alpha value is -3.00. The molecule has 4 aromatic rings. The van der Waals surface area contributed by atoms with Gasteiger partial charge in [0.2, 0.25) is 5.89 Å². The second-order valence-electron chi connectivity index (χ2n) is 7.30. The van der Waals surface area contributed by atoms with Gasteiger partial charge in [0.1, 0.15) is 5.82 Å². The minimum atomic E-state index is -0.281. The Kier molecular flexibility index (Phi) is 6.76. The van der Waals surface area contributed by atoms with Gasteiger partial charge < -0.3 is 4.52 Å². The second kappa shape index (κ2) is 9.87. The van der Waals surface area contributed by atoms with E-state index in [4.69, 9.17) is 4.52 Å². The molecule has 0 amide bonds. The first-order chi connectivity index (χ1) is 15.1. The zero-order valence-corrected chi connectivity index (χ0v) is 18.3. The number of hydrogen-bond acceptors (Lipinski definition) is 6. The molecule has 0 N–H and O–H groups in total. The molecule has 1 unspecified atom stereocenters. The third-order valence-electron chi connectivity index (χ3n) is 4.87. The Balaban J connectivity index is 1.62. The molecule has 4 rings (SSSR count). The highest BCUT2D eigenvalue weighted by Gasteiger charge is 2.21. The first-order valence-electron chi connectivity index (χ1n) is 10.4. The molecule has 8 heteroatoms. The smallest absolute Gasteiger partial charge is 0.239 e. The highest BCUT2D eigenvalue weighted by Crippen LogP contribution is 2.35. The summed E-state index contributed by atoms with van der Waals surface area (Å²) in [6.45, 7) is 4.75. The van der Waals surface area contributed by atoms with Crippen molar-refractivity contribution >= 4 is 11.8 Å². The molecule has 1 atom stereocenters. The summed E-state index contributed by atoms with van der Waals surface area (Å²) in [5.41, 5.74) is 1.93. The molecular weight excluding hydrogens is 413 g/mol. The van der Waals surface area contributed by atoms with E-state index >= 15 is 0 Å². The van der Waals surface area contributed by atoms with Gasteiger partial charge in [0.25, 0.3) is 0 Å². The van der Waals surface area contributed by atoms with Gasteiger partial charge in [0.05, 0.1) is 11.8 Å². The number of hydrogen-bond donors (Lipinski definition) is 0. The van der Waals surface area contributed by atoms with Crippen molar-refractivity contribution < 1.29 is 8.91 Å². The third kappa shape index (κ3) is 5.19. The van der Waals surface area contributed by atoms with Crippen LogP contribution in [0.5, 0.6) is 0 Å². The molecule has 0 fully saturated rings. The van der Waals surface area contributed by atoms with Crippen LogP contribution in [0.4, 0.5) is 4.39 Å². The molecule has 0 saturated heterocycles. The summed E-state index contributed by atoms with van der Waals surface area (Å²) >= 11 is 1.52. The minimum Gasteiger partial charge on any atom is -0.338 e. The van der Waals surface area contributed by atoms with Crippen LogP contribution in [-0.2, 0) is 13.0 Å². The summed E-state index contributed by atoms with van der Waals surface area (Å²) in [6.07, 6.45) is 2.94. The molecule has 0 aliphatic rings. The number of unbranched alkanes of at least 4 members (excludes halogenated alkanes) is 1. The fourth-order valence-corrected chi connectivity index (χ4v) is 4.05. The number of rotatable bonds is 9. The number of thioether (sulfide) groups is 1. The van der Waals surface area contributed by atoms with Gasteiger partial charge in [-0.15, -0.1) is 10.2 Å². The number of aromatic nitrogens is 5. The molecule has 6 nitrogen and oxygen atoms in total. The van der Waals surface area contributed by atoms with Gasteiger partial charge in [-0.25, -0.2) is 4.39 Å². The van der Waals surface area contributed by atoms with Gasteiger partial charge in [-0.1, -0.05) is 60.6 Å². The molecule has 2 heterocycles. The number of halogens is 1. The van der Waals surface area contributed by atoms with Crippen LogP contribution in [0.15, 0.2) is 64.3 Å². The van der Waals surface area contributed by atoms with Crippen LogP contribution in [0.3, 0.4) is 0 Å². The summed E-state index contributed by atoms with van der Waals surface area (Å²) in [6, 6.07) is 16.4. The maximum absolute atomic E-state index is 13.4. The normalized spacial score (nSPS) is 12.2. The Morgan fingerprint density at radius 1 is 1.06 bits per heavy atom. The van der Waals surface area contributed by atoms with Crippen molar-refractivity contribution in [1.29, 1.82) is 0 Å². The zero-order valence-electron chi connectivity index (χ0n) is 17.5. The van der Waals surface area contributed by atoms with Crippen LogP contribution in [0.25, 0.3) is 11.4 Å². The quantitative estimate of drug-likeness (QED) is 0.312. The van der Waals surface area contributed by atoms with E-state index in [1.807, 2.05) is 29.7 Å². The van der Waals surface area contributed by atoms with E-state index in [1.165, 1.54) is 23.9 Å². The summed E-state index contributed by atoms with van der Waals surface area (Å²) < 4.78 is 20.9. The van der Waals surface area contributed by atoms with Gasteiger partial charge in [-0.3, -0.25) is 4.57 Å². The van der Waals surface area contributed by atoms with Crippen LogP contribution in [0.2, 0.25) is 0 Å².